The van der Waals surface area contributed by atoms with E-state index in [2.05, 4.69) is 18.7 Å². The fourth-order valence-corrected chi connectivity index (χ4v) is 3.88. The third-order valence-corrected chi connectivity index (χ3v) is 5.47. The van der Waals surface area contributed by atoms with Crippen LogP contribution in [0.1, 0.15) is 42.6 Å². The molecule has 0 bridgehead atoms. The third-order valence-electron chi connectivity index (χ3n) is 5.47. The van der Waals surface area contributed by atoms with Crippen LogP contribution < -0.4 is 4.90 Å². The third kappa shape index (κ3) is 4.22. The fourth-order valence-electron chi connectivity index (χ4n) is 3.88. The summed E-state index contributed by atoms with van der Waals surface area (Å²) in [6.45, 7) is 6.88. The molecule has 1 fully saturated rings. The first-order valence-corrected chi connectivity index (χ1v) is 9.72. The summed E-state index contributed by atoms with van der Waals surface area (Å²) in [7, 11) is 0. The van der Waals surface area contributed by atoms with Crippen LogP contribution in [0.2, 0.25) is 0 Å². The highest BCUT2D eigenvalue weighted by atomic mass is 19.1. The van der Waals surface area contributed by atoms with Crippen LogP contribution in [0, 0.1) is 17.5 Å². The molecule has 2 aromatic rings. The molecule has 0 N–H and O–H groups in total. The van der Waals surface area contributed by atoms with Crippen molar-refractivity contribution in [3.8, 4) is 0 Å². The van der Waals surface area contributed by atoms with Gasteiger partial charge in [0.15, 0.2) is 5.78 Å². The Morgan fingerprint density at radius 3 is 1.93 bits per heavy atom. The Kier molecular flexibility index (Phi) is 6.39. The first-order valence-electron chi connectivity index (χ1n) is 9.72. The van der Waals surface area contributed by atoms with Gasteiger partial charge in [0.1, 0.15) is 23.1 Å². The van der Waals surface area contributed by atoms with Gasteiger partial charge in [-0.15, -0.1) is 0 Å². The summed E-state index contributed by atoms with van der Waals surface area (Å²) >= 11 is 0. The number of carbonyl (C=O) groups excluding carboxylic acids is 1. The van der Waals surface area contributed by atoms with Crippen LogP contribution >= 0.6 is 0 Å². The maximum absolute atomic E-state index is 14.7. The van der Waals surface area contributed by atoms with E-state index >= 15 is 0 Å². The molecular weight excluding hydrogens is 365 g/mol. The summed E-state index contributed by atoms with van der Waals surface area (Å²) in [5.74, 6) is -2.51. The molecule has 0 saturated carbocycles. The average Bonchev–Trinajstić information content (AvgIpc) is 2.69. The number of carbonyl (C=O) groups is 1. The Balaban J connectivity index is 1.77. The van der Waals surface area contributed by atoms with Crippen molar-refractivity contribution < 1.29 is 18.0 Å². The molecule has 0 spiro atoms. The zero-order valence-corrected chi connectivity index (χ0v) is 16.2. The largest absolute Gasteiger partial charge is 0.364 e. The summed E-state index contributed by atoms with van der Waals surface area (Å²) in [5, 5.41) is 0. The second-order valence-corrected chi connectivity index (χ2v) is 7.12. The molecule has 0 atom stereocenters. The number of nitrogens with zero attached hydrogens (tertiary/aromatic N) is 2. The molecule has 1 aliphatic heterocycles. The van der Waals surface area contributed by atoms with Crippen molar-refractivity contribution in [1.82, 2.24) is 4.90 Å². The quantitative estimate of drug-likeness (QED) is 0.671. The van der Waals surface area contributed by atoms with Crippen LogP contribution in [-0.2, 0) is 0 Å². The van der Waals surface area contributed by atoms with Gasteiger partial charge in [0.05, 0.1) is 0 Å². The summed E-state index contributed by atoms with van der Waals surface area (Å²) < 4.78 is 42.5. The van der Waals surface area contributed by atoms with Crippen molar-refractivity contribution in [3.05, 3.63) is 65.0 Å². The highest BCUT2D eigenvalue weighted by Crippen LogP contribution is 2.28. The number of rotatable bonds is 6. The number of ketones is 1. The number of anilines is 1. The second kappa shape index (κ2) is 8.78. The van der Waals surface area contributed by atoms with Crippen molar-refractivity contribution in [2.24, 2.45) is 0 Å². The van der Waals surface area contributed by atoms with Gasteiger partial charge in [-0.05, 0) is 49.2 Å². The number of hydrogen-bond acceptors (Lipinski definition) is 3. The molecule has 1 aliphatic rings. The highest BCUT2D eigenvalue weighted by molar-refractivity contribution is 6.09. The van der Waals surface area contributed by atoms with E-state index in [1.807, 2.05) is 0 Å². The van der Waals surface area contributed by atoms with Gasteiger partial charge in [0.25, 0.3) is 0 Å². The molecule has 1 saturated heterocycles. The molecule has 0 radical (unpaired) electrons. The normalized spacial score (nSPS) is 15.3. The molecule has 3 rings (SSSR count). The predicted molar refractivity (Wildman–Crippen MR) is 104 cm³/mol. The molecule has 2 aromatic carbocycles. The minimum absolute atomic E-state index is 0.0824. The van der Waals surface area contributed by atoms with E-state index in [0.717, 1.165) is 50.2 Å². The maximum atomic E-state index is 14.7. The van der Waals surface area contributed by atoms with E-state index < -0.39 is 23.2 Å². The van der Waals surface area contributed by atoms with E-state index in [1.165, 1.54) is 12.1 Å². The van der Waals surface area contributed by atoms with E-state index in [-0.39, 0.29) is 16.8 Å². The van der Waals surface area contributed by atoms with Crippen molar-refractivity contribution >= 4 is 11.5 Å². The van der Waals surface area contributed by atoms with Gasteiger partial charge < -0.3 is 4.90 Å². The molecule has 28 heavy (non-hydrogen) atoms. The van der Waals surface area contributed by atoms with Crippen LogP contribution in [0.25, 0.3) is 0 Å². The predicted octanol–water partition coefficient (Wildman–Crippen LogP) is 4.65. The molecule has 6 heteroatoms. The summed E-state index contributed by atoms with van der Waals surface area (Å²) in [6, 6.07) is 7.53. The lowest BCUT2D eigenvalue weighted by atomic mass is 10.0. The van der Waals surface area contributed by atoms with Crippen LogP contribution in [0.5, 0.6) is 0 Å². The minimum Gasteiger partial charge on any atom is -0.364 e. The Bertz CT molecular complexity index is 803. The molecule has 3 nitrogen and oxygen atoms in total. The number of benzene rings is 2. The Morgan fingerprint density at radius 2 is 1.43 bits per heavy atom. The van der Waals surface area contributed by atoms with E-state index in [1.54, 1.807) is 4.90 Å². The summed E-state index contributed by atoms with van der Waals surface area (Å²) in [6.07, 6.45) is 2.11. The molecule has 1 heterocycles. The van der Waals surface area contributed by atoms with Crippen LogP contribution in [0.4, 0.5) is 18.9 Å². The van der Waals surface area contributed by atoms with Gasteiger partial charge in [-0.2, -0.15) is 0 Å². The topological polar surface area (TPSA) is 23.6 Å². The maximum Gasteiger partial charge on any atom is 0.193 e. The van der Waals surface area contributed by atoms with Crippen LogP contribution in [-0.4, -0.2) is 42.9 Å². The monoisotopic (exact) mass is 390 g/mol. The van der Waals surface area contributed by atoms with Gasteiger partial charge in [-0.3, -0.25) is 9.69 Å². The molecule has 0 aliphatic carbocycles. The standard InChI is InChI=1S/C22H25F3N2O/c1-3-18(4-2)26-9-11-27(12-10-26)21-19(24)13-16(14-20(21)25)22(28)15-5-7-17(23)8-6-15/h5-8,13-14,18H,3-4,9-12H2,1-2H3. The Hall–Kier alpha value is -2.34. The van der Waals surface area contributed by atoms with Crippen molar-refractivity contribution in [3.63, 3.8) is 0 Å². The van der Waals surface area contributed by atoms with Gasteiger partial charge in [0, 0.05) is 43.3 Å². The highest BCUT2D eigenvalue weighted by Gasteiger charge is 2.26. The second-order valence-electron chi connectivity index (χ2n) is 7.12. The SMILES string of the molecule is CCC(CC)N1CCN(c2c(F)cc(C(=O)c3ccc(F)cc3)cc2F)CC1. The van der Waals surface area contributed by atoms with E-state index in [9.17, 15) is 18.0 Å². The Morgan fingerprint density at radius 1 is 0.893 bits per heavy atom. The molecule has 0 amide bonds. The van der Waals surface area contributed by atoms with Crippen molar-refractivity contribution in [2.75, 3.05) is 31.1 Å². The van der Waals surface area contributed by atoms with Crippen molar-refractivity contribution in [1.29, 1.82) is 0 Å². The molecule has 150 valence electrons. The lowest BCUT2D eigenvalue weighted by Gasteiger charge is -2.40. The molecular formula is C22H25F3N2O. The van der Waals surface area contributed by atoms with Gasteiger partial charge in [-0.1, -0.05) is 13.8 Å². The fraction of sp³-hybridized carbons (Fsp3) is 0.409. The lowest BCUT2D eigenvalue weighted by Crippen LogP contribution is -2.50. The van der Waals surface area contributed by atoms with E-state index in [0.29, 0.717) is 19.1 Å². The number of piperazine rings is 1. The van der Waals surface area contributed by atoms with Crippen LogP contribution in [0.3, 0.4) is 0 Å². The lowest BCUT2D eigenvalue weighted by molar-refractivity contribution is 0.103. The molecule has 0 aromatic heterocycles. The first kappa shape index (κ1) is 20.4. The molecule has 0 unspecified atom stereocenters. The van der Waals surface area contributed by atoms with Gasteiger partial charge >= 0.3 is 0 Å². The van der Waals surface area contributed by atoms with Crippen LogP contribution in [0.15, 0.2) is 36.4 Å². The zero-order chi connectivity index (χ0) is 20.3. The van der Waals surface area contributed by atoms with Gasteiger partial charge in [-0.25, -0.2) is 13.2 Å². The zero-order valence-electron chi connectivity index (χ0n) is 16.2. The van der Waals surface area contributed by atoms with E-state index in [4.69, 9.17) is 0 Å². The number of halogens is 3. The summed E-state index contributed by atoms with van der Waals surface area (Å²) in [4.78, 5) is 16.5. The van der Waals surface area contributed by atoms with Crippen molar-refractivity contribution in [2.45, 2.75) is 32.7 Å². The summed E-state index contributed by atoms with van der Waals surface area (Å²) in [5.41, 5.74) is 0.0209. The van der Waals surface area contributed by atoms with Gasteiger partial charge in [0.2, 0.25) is 0 Å². The number of hydrogen-bond donors (Lipinski definition) is 0. The minimum atomic E-state index is -0.749. The average molecular weight is 390 g/mol. The Labute approximate surface area is 163 Å². The first-order chi connectivity index (χ1) is 13.4. The smallest absolute Gasteiger partial charge is 0.193 e.